The van der Waals surface area contributed by atoms with Gasteiger partial charge < -0.3 is 30.9 Å². The highest BCUT2D eigenvalue weighted by atomic mass is 32.2. The van der Waals surface area contributed by atoms with Crippen molar-refractivity contribution in [1.82, 2.24) is 25.8 Å². The fraction of sp³-hybridized carbons (Fsp3) is 0.727. The minimum Gasteiger partial charge on any atom is -0.477 e. The van der Waals surface area contributed by atoms with Gasteiger partial charge in [-0.25, -0.2) is 4.79 Å². The highest BCUT2D eigenvalue weighted by Crippen LogP contribution is 2.51. The predicted molar refractivity (Wildman–Crippen MR) is 123 cm³/mol. The summed E-state index contributed by atoms with van der Waals surface area (Å²) in [6.07, 6.45) is -1.76. The third-order valence-electron chi connectivity index (χ3n) is 7.51. The first-order valence-corrected chi connectivity index (χ1v) is 12.7. The summed E-state index contributed by atoms with van der Waals surface area (Å²) in [5, 5.41) is 18.5. The number of carbonyl (C=O) groups excluding carboxylic acids is 3. The van der Waals surface area contributed by atoms with E-state index in [1.165, 1.54) is 23.6 Å². The van der Waals surface area contributed by atoms with Crippen LogP contribution in [0.5, 0.6) is 0 Å². The molecule has 0 aromatic heterocycles. The molecule has 10 nitrogen and oxygen atoms in total. The van der Waals surface area contributed by atoms with E-state index in [2.05, 4.69) is 16.0 Å². The molecule has 4 N–H and O–H groups in total. The lowest BCUT2D eigenvalue weighted by atomic mass is 9.78. The Balaban J connectivity index is 1.43. The van der Waals surface area contributed by atoms with E-state index in [1.807, 2.05) is 6.92 Å². The maximum Gasteiger partial charge on any atom is 0.353 e. The SMILES string of the molecule is C[C@@H](NC(=O)C(F)F)[C@H]1C(=O)N2C(C(=O)O)=C(S[C@@H]3CN[C@H](C(=O)N(C)[C@@H]4CCNC4)C3)[C@H](C)[C@@H]12. The van der Waals surface area contributed by atoms with E-state index in [1.54, 1.807) is 11.9 Å². The summed E-state index contributed by atoms with van der Waals surface area (Å²) >= 11 is 1.36. The largest absolute Gasteiger partial charge is 0.477 e. The summed E-state index contributed by atoms with van der Waals surface area (Å²) in [7, 11) is 1.80. The molecule has 4 aliphatic rings. The van der Waals surface area contributed by atoms with Gasteiger partial charge in [0.15, 0.2) is 0 Å². The van der Waals surface area contributed by atoms with Crippen LogP contribution in [-0.4, -0.2) is 101 Å². The zero-order valence-electron chi connectivity index (χ0n) is 19.8. The van der Waals surface area contributed by atoms with Crippen molar-refractivity contribution in [2.75, 3.05) is 26.7 Å². The van der Waals surface area contributed by atoms with Crippen LogP contribution in [0.3, 0.4) is 0 Å². The first kappa shape index (κ1) is 25.8. The van der Waals surface area contributed by atoms with Crippen molar-refractivity contribution in [3.63, 3.8) is 0 Å². The Kier molecular flexibility index (Phi) is 7.39. The Hall–Kier alpha value is -2.25. The molecule has 3 fully saturated rings. The van der Waals surface area contributed by atoms with E-state index in [9.17, 15) is 33.1 Å². The van der Waals surface area contributed by atoms with E-state index >= 15 is 0 Å². The summed E-state index contributed by atoms with van der Waals surface area (Å²) in [5.74, 6) is -4.31. The van der Waals surface area contributed by atoms with Crippen molar-refractivity contribution in [1.29, 1.82) is 0 Å². The number of hydrogen-bond acceptors (Lipinski definition) is 7. The van der Waals surface area contributed by atoms with Gasteiger partial charge >= 0.3 is 12.4 Å². The Morgan fingerprint density at radius 2 is 2.00 bits per heavy atom. The molecule has 0 saturated carbocycles. The summed E-state index contributed by atoms with van der Waals surface area (Å²) < 4.78 is 25.3. The van der Waals surface area contributed by atoms with Gasteiger partial charge in [0.25, 0.3) is 5.91 Å². The number of likely N-dealkylation sites (N-methyl/N-ethyl adjacent to an activating group) is 1. The van der Waals surface area contributed by atoms with Crippen molar-refractivity contribution < 1.29 is 33.1 Å². The van der Waals surface area contributed by atoms with Crippen molar-refractivity contribution in [2.45, 2.75) is 62.5 Å². The normalized spacial score (nSPS) is 33.1. The second kappa shape index (κ2) is 10.0. The number of amides is 3. The third-order valence-corrected chi connectivity index (χ3v) is 9.02. The smallest absolute Gasteiger partial charge is 0.353 e. The lowest BCUT2D eigenvalue weighted by Crippen LogP contribution is -2.66. The average molecular weight is 516 g/mol. The van der Waals surface area contributed by atoms with E-state index < -0.39 is 42.2 Å². The van der Waals surface area contributed by atoms with Gasteiger partial charge in [0, 0.05) is 48.3 Å². The van der Waals surface area contributed by atoms with E-state index in [4.69, 9.17) is 0 Å². The van der Waals surface area contributed by atoms with Gasteiger partial charge in [-0.2, -0.15) is 8.78 Å². The van der Waals surface area contributed by atoms with Crippen molar-refractivity contribution in [2.24, 2.45) is 11.8 Å². The number of fused-ring (bicyclic) bond motifs is 1. The maximum atomic E-state index is 12.9. The van der Waals surface area contributed by atoms with Crippen LogP contribution in [-0.2, 0) is 19.2 Å². The molecule has 0 spiro atoms. The fourth-order valence-corrected chi connectivity index (χ4v) is 7.11. The van der Waals surface area contributed by atoms with Crippen LogP contribution in [0.1, 0.15) is 26.7 Å². The van der Waals surface area contributed by atoms with Crippen molar-refractivity contribution >= 4 is 35.5 Å². The van der Waals surface area contributed by atoms with Gasteiger partial charge in [0.05, 0.1) is 18.0 Å². The average Bonchev–Trinajstić information content (AvgIpc) is 3.53. The first-order valence-electron chi connectivity index (χ1n) is 11.8. The molecule has 7 atom stereocenters. The monoisotopic (exact) mass is 515 g/mol. The van der Waals surface area contributed by atoms with Crippen LogP contribution in [0.2, 0.25) is 0 Å². The molecule has 4 heterocycles. The van der Waals surface area contributed by atoms with Gasteiger partial charge in [0.1, 0.15) is 5.70 Å². The number of β-lactam (4-membered cyclic amide) rings is 1. The van der Waals surface area contributed by atoms with Gasteiger partial charge in [-0.15, -0.1) is 11.8 Å². The summed E-state index contributed by atoms with van der Waals surface area (Å²) in [4.78, 5) is 52.8. The molecule has 13 heteroatoms. The van der Waals surface area contributed by atoms with Crippen LogP contribution in [0, 0.1) is 11.8 Å². The molecular formula is C22H31F2N5O5S. The molecule has 0 radical (unpaired) electrons. The molecule has 0 unspecified atom stereocenters. The second-order valence-electron chi connectivity index (χ2n) is 9.66. The van der Waals surface area contributed by atoms with Crippen LogP contribution in [0.4, 0.5) is 8.78 Å². The van der Waals surface area contributed by atoms with E-state index in [-0.39, 0.29) is 34.9 Å². The molecule has 3 saturated heterocycles. The first-order chi connectivity index (χ1) is 16.5. The van der Waals surface area contributed by atoms with Crippen molar-refractivity contribution in [3.8, 4) is 0 Å². The zero-order valence-corrected chi connectivity index (χ0v) is 20.6. The number of carboxylic acids is 1. The lowest BCUT2D eigenvalue weighted by Gasteiger charge is -2.47. The number of halogens is 2. The topological polar surface area (TPSA) is 131 Å². The standard InChI is InChI=1S/C22H31F2N5O5S/c1-9-15-14(10(2)27-19(30)18(23)24)21(32)29(15)16(22(33)34)17(9)35-12-6-13(26-8-12)20(31)28(3)11-4-5-25-7-11/h9-15,18,25-26H,4-8H2,1-3H3,(H,27,30)(H,33,34)/t9-,10-,11-,12+,13+,14-,15+/m1/s1. The molecular weight excluding hydrogens is 484 g/mol. The predicted octanol–water partition coefficient (Wildman–Crippen LogP) is -0.187. The molecule has 0 aliphatic carbocycles. The summed E-state index contributed by atoms with van der Waals surface area (Å²) in [5.41, 5.74) is -0.0925. The molecule has 4 rings (SSSR count). The lowest BCUT2D eigenvalue weighted by molar-refractivity contribution is -0.159. The van der Waals surface area contributed by atoms with Gasteiger partial charge in [-0.1, -0.05) is 6.92 Å². The molecule has 0 bridgehead atoms. The Morgan fingerprint density at radius 1 is 1.29 bits per heavy atom. The molecule has 0 aromatic rings. The number of nitrogens with one attached hydrogen (secondary N) is 3. The molecule has 0 aromatic carbocycles. The summed E-state index contributed by atoms with van der Waals surface area (Å²) in [6.45, 7) is 5.45. The Bertz CT molecular complexity index is 943. The Morgan fingerprint density at radius 3 is 2.60 bits per heavy atom. The van der Waals surface area contributed by atoms with Crippen molar-refractivity contribution in [3.05, 3.63) is 10.6 Å². The number of alkyl halides is 2. The number of aliphatic carboxylic acids is 1. The van der Waals surface area contributed by atoms with Crippen LogP contribution in [0.25, 0.3) is 0 Å². The minimum absolute atomic E-state index is 0.0105. The number of carboxylic acid groups (broad SMARTS) is 1. The second-order valence-corrected chi connectivity index (χ2v) is 11.0. The highest BCUT2D eigenvalue weighted by molar-refractivity contribution is 8.03. The highest BCUT2D eigenvalue weighted by Gasteiger charge is 2.60. The van der Waals surface area contributed by atoms with Gasteiger partial charge in [-0.05, 0) is 26.3 Å². The van der Waals surface area contributed by atoms with Gasteiger partial charge in [-0.3, -0.25) is 14.4 Å². The number of rotatable bonds is 8. The van der Waals surface area contributed by atoms with Crippen LogP contribution < -0.4 is 16.0 Å². The summed E-state index contributed by atoms with van der Waals surface area (Å²) in [6, 6.07) is -1.59. The quantitative estimate of drug-likeness (QED) is 0.328. The van der Waals surface area contributed by atoms with E-state index in [0.29, 0.717) is 17.9 Å². The number of thioether (sulfide) groups is 1. The number of hydrogen-bond donors (Lipinski definition) is 4. The number of carbonyl (C=O) groups is 4. The maximum absolute atomic E-state index is 12.9. The van der Waals surface area contributed by atoms with Crippen LogP contribution >= 0.6 is 11.8 Å². The molecule has 35 heavy (non-hydrogen) atoms. The van der Waals surface area contributed by atoms with Gasteiger partial charge in [0.2, 0.25) is 11.8 Å². The van der Waals surface area contributed by atoms with E-state index in [0.717, 1.165) is 19.5 Å². The zero-order chi connectivity index (χ0) is 25.6. The minimum atomic E-state index is -3.20. The fourth-order valence-electron chi connectivity index (χ4n) is 5.63. The molecule has 194 valence electrons. The number of nitrogens with zero attached hydrogens (tertiary/aromatic N) is 2. The Labute approximate surface area is 206 Å². The van der Waals surface area contributed by atoms with Crippen LogP contribution in [0.15, 0.2) is 10.6 Å². The third kappa shape index (κ3) is 4.65. The molecule has 4 aliphatic heterocycles. The molecule has 3 amide bonds.